The van der Waals surface area contributed by atoms with Gasteiger partial charge in [-0.25, -0.2) is 0 Å². The fourth-order valence-electron chi connectivity index (χ4n) is 6.13. The molecule has 1 aliphatic carbocycles. The van der Waals surface area contributed by atoms with Crippen molar-refractivity contribution in [1.82, 2.24) is 15.1 Å². The minimum Gasteiger partial charge on any atom is -0.489 e. The predicted molar refractivity (Wildman–Crippen MR) is 118 cm³/mol. The molecule has 1 aromatic carbocycles. The molecule has 0 bridgehead atoms. The van der Waals surface area contributed by atoms with Crippen molar-refractivity contribution in [3.8, 4) is 5.75 Å². The van der Waals surface area contributed by atoms with Crippen LogP contribution in [0.5, 0.6) is 5.75 Å². The number of ether oxygens (including phenoxy) is 2. The van der Waals surface area contributed by atoms with Crippen molar-refractivity contribution in [1.29, 1.82) is 0 Å². The monoisotopic (exact) mass is 437 g/mol. The van der Waals surface area contributed by atoms with Crippen LogP contribution in [0.1, 0.15) is 54.4 Å². The molecular weight excluding hydrogens is 406 g/mol. The molecule has 7 nitrogen and oxygen atoms in total. The molecule has 5 aliphatic rings. The van der Waals surface area contributed by atoms with E-state index in [0.29, 0.717) is 36.4 Å². The maximum absolute atomic E-state index is 13.0. The number of likely N-dealkylation sites (tertiary alicyclic amines) is 1. The molecule has 2 amide bonds. The Morgan fingerprint density at radius 3 is 2.69 bits per heavy atom. The van der Waals surface area contributed by atoms with Crippen molar-refractivity contribution >= 4 is 11.8 Å². The van der Waals surface area contributed by atoms with Crippen LogP contribution in [0.4, 0.5) is 0 Å². The van der Waals surface area contributed by atoms with Gasteiger partial charge in [0.1, 0.15) is 17.9 Å². The second-order valence-corrected chi connectivity index (χ2v) is 10.3. The van der Waals surface area contributed by atoms with Crippen LogP contribution in [0.2, 0.25) is 0 Å². The number of carbonyl (C=O) groups is 2. The summed E-state index contributed by atoms with van der Waals surface area (Å²) in [7, 11) is 0. The lowest BCUT2D eigenvalue weighted by atomic mass is 9.75. The van der Waals surface area contributed by atoms with E-state index in [1.165, 1.54) is 19.3 Å². The van der Waals surface area contributed by atoms with Gasteiger partial charge in [0.15, 0.2) is 0 Å². The predicted octanol–water partition coefficient (Wildman–Crippen LogP) is 2.46. The highest BCUT2D eigenvalue weighted by molar-refractivity contribution is 6.01. The molecule has 6 rings (SSSR count). The number of piperidine rings is 1. The number of benzene rings is 1. The van der Waals surface area contributed by atoms with E-state index in [1.807, 2.05) is 18.2 Å². The summed E-state index contributed by atoms with van der Waals surface area (Å²) in [6.07, 6.45) is 6.22. The number of allylic oxidation sites excluding steroid dienone is 1. The number of nitrogens with one attached hydrogen (secondary N) is 1. The molecule has 170 valence electrons. The summed E-state index contributed by atoms with van der Waals surface area (Å²) in [6.45, 7) is 8.36. The SMILES string of the molecule is C=C1CCC(N2Cc3cc(O[C@@H]4CCCC[C@H]4N4CC5(COC5)C4)ccc3C2=O)C(=O)N1. The first-order valence-electron chi connectivity index (χ1n) is 11.9. The van der Waals surface area contributed by atoms with Crippen LogP contribution in [0.3, 0.4) is 0 Å². The highest BCUT2D eigenvalue weighted by Gasteiger charge is 2.52. The lowest BCUT2D eigenvalue weighted by Gasteiger charge is -2.58. The third kappa shape index (κ3) is 3.33. The molecule has 1 unspecified atom stereocenters. The van der Waals surface area contributed by atoms with Crippen molar-refractivity contribution in [2.24, 2.45) is 5.41 Å². The average molecular weight is 438 g/mol. The van der Waals surface area contributed by atoms with Gasteiger partial charge in [-0.1, -0.05) is 13.0 Å². The van der Waals surface area contributed by atoms with Crippen molar-refractivity contribution in [3.05, 3.63) is 41.6 Å². The Morgan fingerprint density at radius 2 is 1.94 bits per heavy atom. The van der Waals surface area contributed by atoms with Gasteiger partial charge in [0.25, 0.3) is 5.91 Å². The summed E-state index contributed by atoms with van der Waals surface area (Å²) in [5.41, 5.74) is 2.78. The second kappa shape index (κ2) is 7.59. The van der Waals surface area contributed by atoms with Gasteiger partial charge in [-0.2, -0.15) is 0 Å². The molecule has 1 N–H and O–H groups in total. The van der Waals surface area contributed by atoms with E-state index >= 15 is 0 Å². The van der Waals surface area contributed by atoms with Gasteiger partial charge in [0.05, 0.1) is 13.2 Å². The molecular formula is C25H31N3O4. The number of hydrogen-bond donors (Lipinski definition) is 1. The molecule has 3 saturated heterocycles. The van der Waals surface area contributed by atoms with Crippen LogP contribution in [-0.4, -0.2) is 66.1 Å². The number of fused-ring (bicyclic) bond motifs is 1. The first-order valence-corrected chi connectivity index (χ1v) is 11.9. The summed E-state index contributed by atoms with van der Waals surface area (Å²) in [5, 5.41) is 2.80. The van der Waals surface area contributed by atoms with Gasteiger partial charge in [-0.3, -0.25) is 14.5 Å². The third-order valence-corrected chi connectivity index (χ3v) is 7.92. The summed E-state index contributed by atoms with van der Waals surface area (Å²) >= 11 is 0. The largest absolute Gasteiger partial charge is 0.489 e. The van der Waals surface area contributed by atoms with Gasteiger partial charge in [-0.15, -0.1) is 0 Å². The summed E-state index contributed by atoms with van der Waals surface area (Å²) in [4.78, 5) is 29.7. The fourth-order valence-corrected chi connectivity index (χ4v) is 6.13. The van der Waals surface area contributed by atoms with E-state index in [1.54, 1.807) is 4.90 Å². The molecule has 32 heavy (non-hydrogen) atoms. The Labute approximate surface area is 188 Å². The molecule has 4 fully saturated rings. The van der Waals surface area contributed by atoms with Crippen LogP contribution >= 0.6 is 0 Å². The van der Waals surface area contributed by atoms with Crippen LogP contribution in [0.15, 0.2) is 30.5 Å². The molecule has 4 aliphatic heterocycles. The summed E-state index contributed by atoms with van der Waals surface area (Å²) in [6, 6.07) is 5.83. The Hall–Kier alpha value is -2.38. The van der Waals surface area contributed by atoms with Crippen molar-refractivity contribution in [2.45, 2.75) is 63.3 Å². The number of rotatable bonds is 4. The number of hydrogen-bond acceptors (Lipinski definition) is 5. The van der Waals surface area contributed by atoms with E-state index in [9.17, 15) is 9.59 Å². The summed E-state index contributed by atoms with van der Waals surface area (Å²) in [5.74, 6) is 0.635. The molecule has 4 heterocycles. The molecule has 1 saturated carbocycles. The van der Waals surface area contributed by atoms with Crippen molar-refractivity contribution in [3.63, 3.8) is 0 Å². The smallest absolute Gasteiger partial charge is 0.255 e. The standard InChI is InChI=1S/C25H31N3O4/c1-16-6-9-21(23(29)26-16)28-11-17-10-18(7-8-19(17)24(28)30)32-22-5-3-2-4-20(22)27-12-25(13-27)14-31-15-25/h7-8,10,20-22H,1-6,9,11-15H2,(H,26,29)/t20-,21?,22-/m1/s1. The van der Waals surface area contributed by atoms with Gasteiger partial charge in [-0.05, 0) is 55.9 Å². The van der Waals surface area contributed by atoms with Crippen LogP contribution < -0.4 is 10.1 Å². The molecule has 0 radical (unpaired) electrons. The summed E-state index contributed by atoms with van der Waals surface area (Å²) < 4.78 is 12.0. The maximum Gasteiger partial charge on any atom is 0.255 e. The van der Waals surface area contributed by atoms with Gasteiger partial charge < -0.3 is 19.7 Å². The average Bonchev–Trinajstić information content (AvgIpc) is 3.03. The quantitative estimate of drug-likeness (QED) is 0.784. The molecule has 1 spiro atoms. The molecule has 3 atom stereocenters. The van der Waals surface area contributed by atoms with Crippen LogP contribution in [-0.2, 0) is 16.1 Å². The van der Waals surface area contributed by atoms with Crippen LogP contribution in [0.25, 0.3) is 0 Å². The maximum atomic E-state index is 13.0. The lowest BCUT2D eigenvalue weighted by Crippen LogP contribution is -2.70. The first kappa shape index (κ1) is 20.2. The van der Waals surface area contributed by atoms with E-state index in [4.69, 9.17) is 9.47 Å². The molecule has 1 aromatic rings. The Balaban J connectivity index is 1.14. The highest BCUT2D eigenvalue weighted by atomic mass is 16.5. The van der Waals surface area contributed by atoms with Gasteiger partial charge in [0, 0.05) is 42.4 Å². The van der Waals surface area contributed by atoms with Gasteiger partial charge in [0.2, 0.25) is 5.91 Å². The fraction of sp³-hybridized carbons (Fsp3) is 0.600. The van der Waals surface area contributed by atoms with E-state index < -0.39 is 6.04 Å². The normalized spacial score (nSPS) is 31.7. The van der Waals surface area contributed by atoms with Crippen molar-refractivity contribution < 1.29 is 19.1 Å². The minimum absolute atomic E-state index is 0.0663. The Morgan fingerprint density at radius 1 is 1.12 bits per heavy atom. The first-order chi connectivity index (χ1) is 15.5. The highest BCUT2D eigenvalue weighted by Crippen LogP contribution is 2.42. The zero-order valence-corrected chi connectivity index (χ0v) is 18.5. The van der Waals surface area contributed by atoms with Gasteiger partial charge >= 0.3 is 0 Å². The van der Waals surface area contributed by atoms with Crippen molar-refractivity contribution in [2.75, 3.05) is 26.3 Å². The molecule has 7 heteroatoms. The zero-order valence-electron chi connectivity index (χ0n) is 18.5. The van der Waals surface area contributed by atoms with E-state index in [2.05, 4.69) is 16.8 Å². The number of carbonyl (C=O) groups excluding carboxylic acids is 2. The molecule has 0 aromatic heterocycles. The minimum atomic E-state index is -0.429. The van der Waals surface area contributed by atoms with E-state index in [0.717, 1.165) is 49.7 Å². The number of nitrogens with zero attached hydrogens (tertiary/aromatic N) is 2. The zero-order chi connectivity index (χ0) is 21.9. The lowest BCUT2D eigenvalue weighted by molar-refractivity contribution is -0.207. The van der Waals surface area contributed by atoms with E-state index in [-0.39, 0.29) is 17.9 Å². The topological polar surface area (TPSA) is 71.1 Å². The Kier molecular flexibility index (Phi) is 4.80. The second-order valence-electron chi connectivity index (χ2n) is 10.3. The van der Waals surface area contributed by atoms with Crippen LogP contribution in [0, 0.1) is 5.41 Å². The number of amides is 2. The Bertz CT molecular complexity index is 964. The third-order valence-electron chi connectivity index (χ3n) is 7.92.